The first kappa shape index (κ1) is 32.3. The molecule has 0 aliphatic carbocycles. The maximum atomic E-state index is 15.2. The molecule has 48 heavy (non-hydrogen) atoms. The Morgan fingerprint density at radius 1 is 0.938 bits per heavy atom. The molecule has 0 saturated carbocycles. The van der Waals surface area contributed by atoms with Gasteiger partial charge < -0.3 is 20.9 Å². The van der Waals surface area contributed by atoms with Crippen molar-refractivity contribution < 1.29 is 18.0 Å². The topological polar surface area (TPSA) is 85.4 Å². The molecule has 11 heteroatoms. The lowest BCUT2D eigenvalue weighted by Gasteiger charge is -2.34. The summed E-state index contributed by atoms with van der Waals surface area (Å²) in [7, 11) is 3.89. The second-order valence-corrected chi connectivity index (χ2v) is 11.7. The van der Waals surface area contributed by atoms with Gasteiger partial charge in [-0.15, -0.1) is 0 Å². The van der Waals surface area contributed by atoms with Gasteiger partial charge in [-0.05, 0) is 86.2 Å². The molecule has 0 spiro atoms. The third-order valence-corrected chi connectivity index (χ3v) is 7.99. The zero-order valence-electron chi connectivity index (χ0n) is 26.7. The van der Waals surface area contributed by atoms with E-state index < -0.39 is 11.6 Å². The van der Waals surface area contributed by atoms with Gasteiger partial charge in [0, 0.05) is 42.0 Å². The molecule has 3 N–H and O–H groups in total. The number of halogens is 3. The Balaban J connectivity index is 1.40. The van der Waals surface area contributed by atoms with Crippen LogP contribution in [-0.4, -0.2) is 48.0 Å². The van der Waals surface area contributed by atoms with Gasteiger partial charge in [0.2, 0.25) is 5.95 Å². The largest absolute Gasteiger partial charge is 0.367 e. The van der Waals surface area contributed by atoms with E-state index in [-0.39, 0.29) is 41.5 Å². The van der Waals surface area contributed by atoms with Crippen LogP contribution in [0.5, 0.6) is 0 Å². The summed E-state index contributed by atoms with van der Waals surface area (Å²) in [4.78, 5) is 26.5. The Morgan fingerprint density at radius 3 is 2.40 bits per heavy atom. The molecule has 0 radical (unpaired) electrons. The summed E-state index contributed by atoms with van der Waals surface area (Å²) in [6, 6.07) is 22.4. The third kappa shape index (κ3) is 6.72. The Morgan fingerprint density at radius 2 is 1.67 bits per heavy atom. The molecule has 0 saturated heterocycles. The first-order valence-electron chi connectivity index (χ1n) is 15.3. The SMILES string of the molecule is C=C1NCc2c(-c3cc(C(=O)Nc4cccc(-c5ccc(F)cc5)c4)ccc3C)nc(NCCN(C)C)nc2N1c1c(F)cccc1F. The number of nitrogens with zero attached hydrogens (tertiary/aromatic N) is 4. The Kier molecular flexibility index (Phi) is 9.13. The third-order valence-electron chi connectivity index (χ3n) is 7.99. The molecule has 1 aliphatic rings. The molecule has 1 aliphatic heterocycles. The predicted molar refractivity (Wildman–Crippen MR) is 184 cm³/mol. The van der Waals surface area contributed by atoms with Crippen molar-refractivity contribution in [1.29, 1.82) is 0 Å². The summed E-state index contributed by atoms with van der Waals surface area (Å²) >= 11 is 0. The summed E-state index contributed by atoms with van der Waals surface area (Å²) in [6.07, 6.45) is 0. The molecule has 6 rings (SSSR count). The van der Waals surface area contributed by atoms with E-state index in [0.29, 0.717) is 41.2 Å². The number of aromatic nitrogens is 2. The normalized spacial score (nSPS) is 12.5. The minimum absolute atomic E-state index is 0.236. The molecule has 1 aromatic heterocycles. The fraction of sp³-hybridized carbons (Fsp3) is 0.162. The highest BCUT2D eigenvalue weighted by Crippen LogP contribution is 2.41. The van der Waals surface area contributed by atoms with Crippen molar-refractivity contribution in [3.8, 4) is 22.4 Å². The maximum absolute atomic E-state index is 15.2. The maximum Gasteiger partial charge on any atom is 0.255 e. The summed E-state index contributed by atoms with van der Waals surface area (Å²) in [5.74, 6) is -1.43. The second kappa shape index (κ2) is 13.6. The Hall–Kier alpha value is -5.68. The number of hydrogen-bond donors (Lipinski definition) is 3. The Labute approximate surface area is 277 Å². The number of amides is 1. The van der Waals surface area contributed by atoms with Gasteiger partial charge in [0.25, 0.3) is 5.91 Å². The van der Waals surface area contributed by atoms with Crippen LogP contribution >= 0.6 is 0 Å². The minimum atomic E-state index is -0.772. The molecule has 0 unspecified atom stereocenters. The van der Waals surface area contributed by atoms with E-state index in [0.717, 1.165) is 16.7 Å². The second-order valence-electron chi connectivity index (χ2n) is 11.7. The zero-order chi connectivity index (χ0) is 33.9. The van der Waals surface area contributed by atoms with E-state index in [1.54, 1.807) is 30.3 Å². The number of para-hydroxylation sites is 1. The van der Waals surface area contributed by atoms with Gasteiger partial charge in [-0.2, -0.15) is 4.98 Å². The van der Waals surface area contributed by atoms with Crippen molar-refractivity contribution >= 4 is 29.0 Å². The van der Waals surface area contributed by atoms with E-state index >= 15 is 8.78 Å². The van der Waals surface area contributed by atoms with E-state index in [4.69, 9.17) is 9.97 Å². The summed E-state index contributed by atoms with van der Waals surface area (Å²) in [5.41, 5.74) is 4.84. The molecule has 0 fully saturated rings. The van der Waals surface area contributed by atoms with Gasteiger partial charge in [0.05, 0.1) is 5.69 Å². The molecule has 1 amide bonds. The van der Waals surface area contributed by atoms with E-state index in [1.165, 1.54) is 35.2 Å². The van der Waals surface area contributed by atoms with Gasteiger partial charge in [0.15, 0.2) is 0 Å². The average Bonchev–Trinajstić information content (AvgIpc) is 3.06. The highest BCUT2D eigenvalue weighted by atomic mass is 19.1. The van der Waals surface area contributed by atoms with Crippen molar-refractivity contribution in [2.45, 2.75) is 13.5 Å². The number of fused-ring (bicyclic) bond motifs is 1. The van der Waals surface area contributed by atoms with E-state index in [1.807, 2.05) is 50.2 Å². The summed E-state index contributed by atoms with van der Waals surface area (Å²) < 4.78 is 43.8. The highest BCUT2D eigenvalue weighted by Gasteiger charge is 2.31. The van der Waals surface area contributed by atoms with Gasteiger partial charge >= 0.3 is 0 Å². The molecule has 0 atom stereocenters. The molecule has 2 heterocycles. The van der Waals surface area contributed by atoms with Crippen LogP contribution < -0.4 is 20.9 Å². The van der Waals surface area contributed by atoms with Crippen molar-refractivity contribution in [3.05, 3.63) is 131 Å². The molecule has 0 bridgehead atoms. The van der Waals surface area contributed by atoms with Crippen LogP contribution in [0.1, 0.15) is 21.5 Å². The standard InChI is InChI=1S/C37H34F3N7O/c1-22-11-12-26(36(48)43-28-8-5-7-25(19-28)24-13-15-27(38)16-14-24)20-29(22)33-30-21-42-23(2)47(34-31(39)9-6-10-32(34)40)35(30)45-37(44-33)41-17-18-46(3)4/h5-16,19-20,42H,2,17-18,21H2,1,3-4H3,(H,43,48)(H,41,44,45). The van der Waals surface area contributed by atoms with Gasteiger partial charge in [-0.3, -0.25) is 9.69 Å². The lowest BCUT2D eigenvalue weighted by atomic mass is 9.97. The van der Waals surface area contributed by atoms with Crippen molar-refractivity contribution in [2.24, 2.45) is 0 Å². The zero-order valence-corrected chi connectivity index (χ0v) is 26.7. The molecular weight excluding hydrogens is 615 g/mol. The predicted octanol–water partition coefficient (Wildman–Crippen LogP) is 7.47. The fourth-order valence-corrected chi connectivity index (χ4v) is 5.49. The van der Waals surface area contributed by atoms with E-state index in [9.17, 15) is 9.18 Å². The fourth-order valence-electron chi connectivity index (χ4n) is 5.49. The van der Waals surface area contributed by atoms with E-state index in [2.05, 4.69) is 22.5 Å². The first-order valence-corrected chi connectivity index (χ1v) is 15.3. The number of nitrogens with one attached hydrogen (secondary N) is 3. The smallest absolute Gasteiger partial charge is 0.255 e. The van der Waals surface area contributed by atoms with Gasteiger partial charge in [0.1, 0.15) is 34.8 Å². The van der Waals surface area contributed by atoms with Crippen molar-refractivity contribution in [3.63, 3.8) is 0 Å². The monoisotopic (exact) mass is 649 g/mol. The van der Waals surface area contributed by atoms with Crippen LogP contribution in [0.15, 0.2) is 97.3 Å². The van der Waals surface area contributed by atoms with Crippen LogP contribution in [0.3, 0.4) is 0 Å². The number of likely N-dealkylation sites (N-methyl/N-ethyl adjacent to an activating group) is 1. The average molecular weight is 650 g/mol. The van der Waals surface area contributed by atoms with Crippen molar-refractivity contribution in [1.82, 2.24) is 20.2 Å². The minimum Gasteiger partial charge on any atom is -0.367 e. The molecule has 244 valence electrons. The number of benzene rings is 4. The van der Waals surface area contributed by atoms with Crippen LogP contribution in [0, 0.1) is 24.4 Å². The lowest BCUT2D eigenvalue weighted by Crippen LogP contribution is -2.35. The number of carbonyl (C=O) groups excluding carboxylic acids is 1. The molecular formula is C37H34F3N7O. The summed E-state index contributed by atoms with van der Waals surface area (Å²) in [5, 5.41) is 9.33. The van der Waals surface area contributed by atoms with Crippen LogP contribution in [0.4, 0.5) is 36.3 Å². The molecule has 5 aromatic rings. The highest BCUT2D eigenvalue weighted by molar-refractivity contribution is 6.05. The van der Waals surface area contributed by atoms with Gasteiger partial charge in [-0.1, -0.05) is 43.0 Å². The van der Waals surface area contributed by atoms with Crippen molar-refractivity contribution in [2.75, 3.05) is 42.7 Å². The number of anilines is 4. The number of carbonyl (C=O) groups is 1. The molecule has 4 aromatic carbocycles. The number of rotatable bonds is 9. The molecule has 8 nitrogen and oxygen atoms in total. The summed E-state index contributed by atoms with van der Waals surface area (Å²) in [6.45, 7) is 7.36. The first-order chi connectivity index (χ1) is 23.1. The van der Waals surface area contributed by atoms with Crippen LogP contribution in [0.25, 0.3) is 22.4 Å². The number of aryl methyl sites for hydroxylation is 1. The van der Waals surface area contributed by atoms with Gasteiger partial charge in [-0.25, -0.2) is 18.2 Å². The van der Waals surface area contributed by atoms with Crippen LogP contribution in [-0.2, 0) is 6.54 Å². The van der Waals surface area contributed by atoms with Crippen LogP contribution in [0.2, 0.25) is 0 Å². The lowest BCUT2D eigenvalue weighted by molar-refractivity contribution is 0.102. The quantitative estimate of drug-likeness (QED) is 0.153. The Bertz CT molecular complexity index is 1990. The number of hydrogen-bond acceptors (Lipinski definition) is 7.